The van der Waals surface area contributed by atoms with E-state index in [9.17, 15) is 4.39 Å². The van der Waals surface area contributed by atoms with Crippen LogP contribution < -0.4 is 4.90 Å². The van der Waals surface area contributed by atoms with Gasteiger partial charge in [-0.25, -0.2) is 14.4 Å². The molecule has 0 unspecified atom stereocenters. The van der Waals surface area contributed by atoms with Gasteiger partial charge in [0.2, 0.25) is 0 Å². The molecule has 2 aliphatic rings. The second kappa shape index (κ2) is 10.6. The van der Waals surface area contributed by atoms with E-state index in [-0.39, 0.29) is 11.9 Å². The lowest BCUT2D eigenvalue weighted by Crippen LogP contribution is -2.59. The summed E-state index contributed by atoms with van der Waals surface area (Å²) < 4.78 is 13.7. The standard InChI is InChI=1S/C28H34FN7/c1-3-34(4-2)22-18-35(19-22)28-12-6-10-23(33-28)24-17-31-27(32-24)14-13-26(30)36-15-7-11-25(36)20-8-5-9-21(29)16-20/h5-6,8-10,12-14,16-17,22,25,30H,3-4,7,11,15,18-19H2,1-2H3,(H,31,32)/t25-/m1/s1. The second-order valence-corrected chi connectivity index (χ2v) is 9.47. The van der Waals surface area contributed by atoms with E-state index in [1.54, 1.807) is 24.4 Å². The number of aromatic amines is 1. The largest absolute Gasteiger partial charge is 0.353 e. The highest BCUT2D eigenvalue weighted by Crippen LogP contribution is 2.32. The van der Waals surface area contributed by atoms with Crippen LogP contribution in [-0.2, 0) is 0 Å². The summed E-state index contributed by atoms with van der Waals surface area (Å²) in [4.78, 5) is 19.5. The molecule has 3 aromatic rings. The molecular weight excluding hydrogens is 453 g/mol. The van der Waals surface area contributed by atoms with Gasteiger partial charge in [0.15, 0.2) is 0 Å². The minimum atomic E-state index is -0.236. The molecule has 8 heteroatoms. The first-order chi connectivity index (χ1) is 17.6. The smallest absolute Gasteiger partial charge is 0.130 e. The average Bonchev–Trinajstić information content (AvgIpc) is 3.55. The monoisotopic (exact) mass is 487 g/mol. The zero-order valence-electron chi connectivity index (χ0n) is 21.0. The van der Waals surface area contributed by atoms with E-state index in [2.05, 4.69) is 39.7 Å². The third-order valence-electron chi connectivity index (χ3n) is 7.32. The number of pyridine rings is 1. The molecule has 0 aliphatic carbocycles. The van der Waals surface area contributed by atoms with Crippen molar-refractivity contribution >= 4 is 17.7 Å². The molecule has 1 aromatic carbocycles. The quantitative estimate of drug-likeness (QED) is 0.347. The van der Waals surface area contributed by atoms with Crippen molar-refractivity contribution in [2.75, 3.05) is 37.6 Å². The van der Waals surface area contributed by atoms with Crippen molar-refractivity contribution < 1.29 is 4.39 Å². The van der Waals surface area contributed by atoms with Gasteiger partial charge < -0.3 is 14.8 Å². The molecular formula is C28H34FN7. The van der Waals surface area contributed by atoms with Gasteiger partial charge in [0, 0.05) is 25.7 Å². The Balaban J connectivity index is 1.23. The fraction of sp³-hybridized carbons (Fsp3) is 0.393. The molecule has 2 aromatic heterocycles. The maximum absolute atomic E-state index is 13.7. The van der Waals surface area contributed by atoms with Crippen molar-refractivity contribution in [3.05, 3.63) is 71.9 Å². The highest BCUT2D eigenvalue weighted by Gasteiger charge is 2.31. The number of benzene rings is 1. The lowest BCUT2D eigenvalue weighted by molar-refractivity contribution is 0.183. The molecule has 0 spiro atoms. The fourth-order valence-corrected chi connectivity index (χ4v) is 5.28. The fourth-order valence-electron chi connectivity index (χ4n) is 5.28. The topological polar surface area (TPSA) is 75.1 Å². The van der Waals surface area contributed by atoms with Crippen LogP contribution in [0.1, 0.15) is 44.1 Å². The van der Waals surface area contributed by atoms with Crippen LogP contribution in [0.4, 0.5) is 10.2 Å². The normalized spacial score (nSPS) is 18.4. The minimum Gasteiger partial charge on any atom is -0.353 e. The van der Waals surface area contributed by atoms with Crippen LogP contribution in [0.5, 0.6) is 0 Å². The Bertz CT molecular complexity index is 1230. The van der Waals surface area contributed by atoms with Crippen LogP contribution >= 0.6 is 0 Å². The van der Waals surface area contributed by atoms with Crippen LogP contribution in [0.15, 0.2) is 54.7 Å². The molecule has 7 nitrogen and oxygen atoms in total. The summed E-state index contributed by atoms with van der Waals surface area (Å²) in [5, 5.41) is 8.60. The summed E-state index contributed by atoms with van der Waals surface area (Å²) in [5.74, 6) is 1.83. The van der Waals surface area contributed by atoms with Gasteiger partial charge in [-0.05, 0) is 67.9 Å². The van der Waals surface area contributed by atoms with Crippen LogP contribution in [-0.4, -0.2) is 69.4 Å². The molecule has 2 aliphatic heterocycles. The summed E-state index contributed by atoms with van der Waals surface area (Å²) in [6.45, 7) is 9.38. The van der Waals surface area contributed by atoms with Gasteiger partial charge in [0.05, 0.1) is 23.6 Å². The van der Waals surface area contributed by atoms with Crippen molar-refractivity contribution in [1.82, 2.24) is 24.8 Å². The Kier molecular flexibility index (Phi) is 7.13. The third-order valence-corrected chi connectivity index (χ3v) is 7.32. The molecule has 188 valence electrons. The van der Waals surface area contributed by atoms with Gasteiger partial charge in [-0.1, -0.05) is 32.0 Å². The molecule has 5 rings (SSSR count). The Morgan fingerprint density at radius 1 is 1.19 bits per heavy atom. The molecule has 0 bridgehead atoms. The summed E-state index contributed by atoms with van der Waals surface area (Å²) >= 11 is 0. The van der Waals surface area contributed by atoms with Crippen LogP contribution in [0.25, 0.3) is 17.5 Å². The highest BCUT2D eigenvalue weighted by molar-refractivity contribution is 5.94. The van der Waals surface area contributed by atoms with Gasteiger partial charge >= 0.3 is 0 Å². The number of halogens is 1. The Morgan fingerprint density at radius 3 is 2.78 bits per heavy atom. The highest BCUT2D eigenvalue weighted by atomic mass is 19.1. The zero-order valence-corrected chi connectivity index (χ0v) is 21.0. The summed E-state index contributed by atoms with van der Waals surface area (Å²) in [7, 11) is 0. The van der Waals surface area contributed by atoms with E-state index >= 15 is 0 Å². The predicted octanol–water partition coefficient (Wildman–Crippen LogP) is 4.97. The van der Waals surface area contributed by atoms with E-state index < -0.39 is 0 Å². The number of hydrogen-bond acceptors (Lipinski definition) is 5. The van der Waals surface area contributed by atoms with E-state index in [1.807, 2.05) is 29.2 Å². The molecule has 36 heavy (non-hydrogen) atoms. The van der Waals surface area contributed by atoms with Crippen molar-refractivity contribution in [3.8, 4) is 11.4 Å². The van der Waals surface area contributed by atoms with Gasteiger partial charge in [-0.2, -0.15) is 0 Å². The SMILES string of the molecule is CCN(CC)C1CN(c2cccc(-c3cnc(C=CC(=N)N4CCC[C@@H]4c4cccc(F)c4)[nH]3)n2)C1. The molecule has 2 N–H and O–H groups in total. The van der Waals surface area contributed by atoms with Gasteiger partial charge in [0.1, 0.15) is 23.3 Å². The molecule has 4 heterocycles. The molecule has 0 amide bonds. The van der Waals surface area contributed by atoms with E-state index in [1.165, 1.54) is 6.07 Å². The number of likely N-dealkylation sites (N-methyl/N-ethyl adjacent to an activating group) is 1. The molecule has 2 saturated heterocycles. The lowest BCUT2D eigenvalue weighted by Gasteiger charge is -2.45. The zero-order chi connectivity index (χ0) is 25.1. The number of nitrogens with zero attached hydrogens (tertiary/aromatic N) is 5. The first-order valence-corrected chi connectivity index (χ1v) is 12.9. The number of hydrogen-bond donors (Lipinski definition) is 2. The van der Waals surface area contributed by atoms with Crippen LogP contribution in [0, 0.1) is 11.2 Å². The van der Waals surface area contributed by atoms with Crippen molar-refractivity contribution in [3.63, 3.8) is 0 Å². The van der Waals surface area contributed by atoms with Gasteiger partial charge in [-0.3, -0.25) is 10.3 Å². The predicted molar refractivity (Wildman–Crippen MR) is 143 cm³/mol. The third kappa shape index (κ3) is 5.04. The van der Waals surface area contributed by atoms with E-state index in [4.69, 9.17) is 10.4 Å². The summed E-state index contributed by atoms with van der Waals surface area (Å²) in [5.41, 5.74) is 2.62. The van der Waals surface area contributed by atoms with Gasteiger partial charge in [-0.15, -0.1) is 0 Å². The van der Waals surface area contributed by atoms with Crippen LogP contribution in [0.2, 0.25) is 0 Å². The molecule has 0 radical (unpaired) electrons. The number of aromatic nitrogens is 3. The molecule has 1 atom stereocenters. The summed E-state index contributed by atoms with van der Waals surface area (Å²) in [6.07, 6.45) is 7.27. The maximum atomic E-state index is 13.7. The number of imidazole rings is 1. The van der Waals surface area contributed by atoms with Gasteiger partial charge in [0.25, 0.3) is 0 Å². The number of amidine groups is 1. The van der Waals surface area contributed by atoms with Crippen molar-refractivity contribution in [2.45, 2.75) is 38.8 Å². The van der Waals surface area contributed by atoms with E-state index in [0.29, 0.717) is 17.7 Å². The number of anilines is 1. The number of H-pyrrole nitrogens is 1. The second-order valence-electron chi connectivity index (χ2n) is 9.47. The minimum absolute atomic E-state index is 0.0276. The Morgan fingerprint density at radius 2 is 2.00 bits per heavy atom. The van der Waals surface area contributed by atoms with Crippen LogP contribution in [0.3, 0.4) is 0 Å². The summed E-state index contributed by atoms with van der Waals surface area (Å²) in [6, 6.07) is 13.4. The maximum Gasteiger partial charge on any atom is 0.130 e. The average molecular weight is 488 g/mol. The van der Waals surface area contributed by atoms with Crippen molar-refractivity contribution in [2.24, 2.45) is 0 Å². The number of likely N-dealkylation sites (tertiary alicyclic amines) is 1. The number of rotatable bonds is 8. The Hall–Kier alpha value is -3.52. The lowest BCUT2D eigenvalue weighted by atomic mass is 10.0. The first-order valence-electron chi connectivity index (χ1n) is 12.9. The molecule has 2 fully saturated rings. The Labute approximate surface area is 212 Å². The van der Waals surface area contributed by atoms with Crippen molar-refractivity contribution in [1.29, 1.82) is 5.41 Å². The molecule has 0 saturated carbocycles. The number of nitrogens with one attached hydrogen (secondary N) is 2. The van der Waals surface area contributed by atoms with E-state index in [0.717, 1.165) is 68.3 Å². The first kappa shape index (κ1) is 24.2.